The van der Waals surface area contributed by atoms with Gasteiger partial charge in [0.1, 0.15) is 0 Å². The van der Waals surface area contributed by atoms with E-state index in [-0.39, 0.29) is 17.6 Å². The monoisotopic (exact) mass is 297 g/mol. The summed E-state index contributed by atoms with van der Waals surface area (Å²) >= 11 is 0. The molecule has 0 bridgehead atoms. The summed E-state index contributed by atoms with van der Waals surface area (Å²) in [5.41, 5.74) is 4.36. The van der Waals surface area contributed by atoms with E-state index < -0.39 is 10.0 Å². The van der Waals surface area contributed by atoms with Crippen molar-refractivity contribution in [3.8, 4) is 0 Å². The number of sulfonamides is 1. The highest BCUT2D eigenvalue weighted by Gasteiger charge is 2.20. The maximum atomic E-state index is 11.5. The average molecular weight is 297 g/mol. The number of benzene rings is 1. The highest BCUT2D eigenvalue weighted by molar-refractivity contribution is 7.88. The van der Waals surface area contributed by atoms with Gasteiger partial charge in [0.15, 0.2) is 0 Å². The van der Waals surface area contributed by atoms with E-state index in [1.54, 1.807) is 0 Å². The van der Waals surface area contributed by atoms with E-state index in [1.165, 1.54) is 5.56 Å². The third-order valence-electron chi connectivity index (χ3n) is 3.60. The van der Waals surface area contributed by atoms with E-state index in [4.69, 9.17) is 5.14 Å². The molecule has 0 spiro atoms. The van der Waals surface area contributed by atoms with Crippen LogP contribution >= 0.6 is 0 Å². The highest BCUT2D eigenvalue weighted by atomic mass is 32.2. The summed E-state index contributed by atoms with van der Waals surface area (Å²) in [4.78, 5) is 0. The Morgan fingerprint density at radius 2 is 1.30 bits per heavy atom. The van der Waals surface area contributed by atoms with Crippen LogP contribution in [0.2, 0.25) is 0 Å². The predicted molar refractivity (Wildman–Crippen MR) is 85.5 cm³/mol. The Morgan fingerprint density at radius 3 is 1.55 bits per heavy atom. The van der Waals surface area contributed by atoms with Gasteiger partial charge in [-0.2, -0.15) is 0 Å². The second-order valence-electron chi connectivity index (χ2n) is 6.45. The first-order chi connectivity index (χ1) is 9.03. The van der Waals surface area contributed by atoms with Crippen LogP contribution in [0.4, 0.5) is 0 Å². The summed E-state index contributed by atoms with van der Waals surface area (Å²) < 4.78 is 23.1. The Balaban J connectivity index is 3.59. The minimum absolute atomic E-state index is 0.0770. The SMILES string of the molecule is CC(C)c1cc(C(C)C)c(CS(N)(=O)=O)c(C(C)C)c1. The van der Waals surface area contributed by atoms with Gasteiger partial charge in [-0.05, 0) is 40.0 Å². The van der Waals surface area contributed by atoms with E-state index in [9.17, 15) is 8.42 Å². The number of hydrogen-bond acceptors (Lipinski definition) is 2. The van der Waals surface area contributed by atoms with Crippen molar-refractivity contribution in [1.82, 2.24) is 0 Å². The number of nitrogens with two attached hydrogens (primary N) is 1. The fourth-order valence-corrected chi connectivity index (χ4v) is 3.21. The summed E-state index contributed by atoms with van der Waals surface area (Å²) in [7, 11) is -3.52. The minimum atomic E-state index is -3.52. The molecule has 0 aromatic heterocycles. The number of primary sulfonamides is 1. The van der Waals surface area contributed by atoms with Gasteiger partial charge in [-0.1, -0.05) is 53.7 Å². The molecule has 0 amide bonds. The highest BCUT2D eigenvalue weighted by Crippen LogP contribution is 2.32. The largest absolute Gasteiger partial charge is 0.228 e. The third kappa shape index (κ3) is 4.32. The van der Waals surface area contributed by atoms with Crippen LogP contribution in [0, 0.1) is 0 Å². The van der Waals surface area contributed by atoms with Crippen LogP contribution in [0.5, 0.6) is 0 Å². The van der Waals surface area contributed by atoms with E-state index in [0.29, 0.717) is 5.92 Å². The molecule has 0 aliphatic carbocycles. The Morgan fingerprint density at radius 1 is 0.900 bits per heavy atom. The van der Waals surface area contributed by atoms with Crippen molar-refractivity contribution < 1.29 is 8.42 Å². The Labute approximate surface area is 123 Å². The van der Waals surface area contributed by atoms with Gasteiger partial charge in [0.05, 0.1) is 5.75 Å². The van der Waals surface area contributed by atoms with Gasteiger partial charge < -0.3 is 0 Å². The van der Waals surface area contributed by atoms with Gasteiger partial charge in [0.25, 0.3) is 0 Å². The molecule has 1 aromatic rings. The molecule has 20 heavy (non-hydrogen) atoms. The standard InChI is InChI=1S/C16H27NO2S/c1-10(2)13-7-14(11(3)4)16(9-20(17,18)19)15(8-13)12(5)6/h7-8,10-12H,9H2,1-6H3,(H2,17,18,19). The molecule has 1 rings (SSSR count). The van der Waals surface area contributed by atoms with Crippen molar-refractivity contribution in [2.45, 2.75) is 65.0 Å². The quantitative estimate of drug-likeness (QED) is 0.897. The van der Waals surface area contributed by atoms with E-state index >= 15 is 0 Å². The molecule has 2 N–H and O–H groups in total. The molecule has 0 radical (unpaired) electrons. The molecule has 1 aromatic carbocycles. The fraction of sp³-hybridized carbons (Fsp3) is 0.625. The van der Waals surface area contributed by atoms with Crippen molar-refractivity contribution >= 4 is 10.0 Å². The Hall–Kier alpha value is -0.870. The summed E-state index contributed by atoms with van der Waals surface area (Å²) in [5.74, 6) is 0.909. The molecule has 0 saturated carbocycles. The Bertz CT molecular complexity index is 543. The molecule has 0 aliphatic rings. The van der Waals surface area contributed by atoms with Gasteiger partial charge in [0.2, 0.25) is 10.0 Å². The molecule has 3 nitrogen and oxygen atoms in total. The zero-order valence-electron chi connectivity index (χ0n) is 13.4. The van der Waals surface area contributed by atoms with Crippen molar-refractivity contribution in [2.75, 3.05) is 0 Å². The van der Waals surface area contributed by atoms with Crippen molar-refractivity contribution in [1.29, 1.82) is 0 Å². The van der Waals surface area contributed by atoms with E-state index in [2.05, 4.69) is 53.7 Å². The maximum absolute atomic E-state index is 11.5. The topological polar surface area (TPSA) is 60.2 Å². The molecule has 0 saturated heterocycles. The van der Waals surface area contributed by atoms with Gasteiger partial charge in [-0.3, -0.25) is 0 Å². The van der Waals surface area contributed by atoms with Crippen LogP contribution in [-0.2, 0) is 15.8 Å². The van der Waals surface area contributed by atoms with Gasteiger partial charge in [0, 0.05) is 0 Å². The molecule has 0 heterocycles. The fourth-order valence-electron chi connectivity index (χ4n) is 2.47. The van der Waals surface area contributed by atoms with Crippen LogP contribution in [0.15, 0.2) is 12.1 Å². The van der Waals surface area contributed by atoms with Crippen LogP contribution in [0.25, 0.3) is 0 Å². The summed E-state index contributed by atoms with van der Waals surface area (Å²) in [5, 5.41) is 5.28. The lowest BCUT2D eigenvalue weighted by Crippen LogP contribution is -2.18. The molecular weight excluding hydrogens is 270 g/mol. The molecule has 114 valence electrons. The van der Waals surface area contributed by atoms with E-state index in [1.807, 2.05) is 0 Å². The minimum Gasteiger partial charge on any atom is -0.228 e. The maximum Gasteiger partial charge on any atom is 0.213 e. The molecule has 0 atom stereocenters. The third-order valence-corrected chi connectivity index (χ3v) is 4.29. The molecule has 4 heteroatoms. The van der Waals surface area contributed by atoms with Crippen molar-refractivity contribution in [3.05, 3.63) is 34.4 Å². The normalized spacial score (nSPS) is 12.7. The zero-order valence-corrected chi connectivity index (χ0v) is 14.2. The van der Waals surface area contributed by atoms with Gasteiger partial charge in [-0.15, -0.1) is 0 Å². The average Bonchev–Trinajstić information content (AvgIpc) is 2.25. The predicted octanol–water partition coefficient (Wildman–Crippen LogP) is 3.85. The molecule has 0 unspecified atom stereocenters. The molecule has 0 fully saturated rings. The number of hydrogen-bond donors (Lipinski definition) is 1. The molecular formula is C16H27NO2S. The lowest BCUT2D eigenvalue weighted by atomic mass is 9.85. The van der Waals surface area contributed by atoms with Crippen LogP contribution in [-0.4, -0.2) is 8.42 Å². The van der Waals surface area contributed by atoms with Crippen LogP contribution in [0.3, 0.4) is 0 Å². The zero-order chi connectivity index (χ0) is 15.7. The smallest absolute Gasteiger partial charge is 0.213 e. The summed E-state index contributed by atoms with van der Waals surface area (Å²) in [6.07, 6.45) is 0. The molecule has 0 aliphatic heterocycles. The van der Waals surface area contributed by atoms with Gasteiger partial charge in [-0.25, -0.2) is 13.6 Å². The first-order valence-electron chi connectivity index (χ1n) is 7.20. The van der Waals surface area contributed by atoms with E-state index in [0.717, 1.165) is 16.7 Å². The lowest BCUT2D eigenvalue weighted by molar-refractivity contribution is 0.596. The van der Waals surface area contributed by atoms with Crippen molar-refractivity contribution in [2.24, 2.45) is 5.14 Å². The first kappa shape index (κ1) is 17.2. The second kappa shape index (κ2) is 6.27. The summed E-state index contributed by atoms with van der Waals surface area (Å²) in [6, 6.07) is 4.28. The summed E-state index contributed by atoms with van der Waals surface area (Å²) in [6.45, 7) is 12.7. The van der Waals surface area contributed by atoms with Gasteiger partial charge >= 0.3 is 0 Å². The van der Waals surface area contributed by atoms with Crippen molar-refractivity contribution in [3.63, 3.8) is 0 Å². The van der Waals surface area contributed by atoms with Crippen LogP contribution in [0.1, 0.15) is 81.5 Å². The number of rotatable bonds is 5. The lowest BCUT2D eigenvalue weighted by Gasteiger charge is -2.22. The Kier molecular flexibility index (Phi) is 5.39. The second-order valence-corrected chi connectivity index (χ2v) is 8.06. The van der Waals surface area contributed by atoms with Crippen LogP contribution < -0.4 is 5.14 Å². The first-order valence-corrected chi connectivity index (χ1v) is 8.91.